The van der Waals surface area contributed by atoms with Crippen LogP contribution in [0.5, 0.6) is 11.5 Å². The lowest BCUT2D eigenvalue weighted by atomic mass is 10.2. The first-order valence-corrected chi connectivity index (χ1v) is 7.52. The van der Waals surface area contributed by atoms with Crippen LogP contribution < -0.4 is 9.47 Å². The zero-order chi connectivity index (χ0) is 14.4. The molecule has 108 valence electrons. The van der Waals surface area contributed by atoms with Crippen LogP contribution in [-0.2, 0) is 19.0 Å². The van der Waals surface area contributed by atoms with Gasteiger partial charge in [-0.05, 0) is 17.7 Å². The van der Waals surface area contributed by atoms with E-state index >= 15 is 0 Å². The van der Waals surface area contributed by atoms with Crippen molar-refractivity contribution >= 4 is 15.9 Å². The predicted molar refractivity (Wildman–Crippen MR) is 78.0 cm³/mol. The van der Waals surface area contributed by atoms with Gasteiger partial charge in [-0.3, -0.25) is 0 Å². The van der Waals surface area contributed by atoms with Crippen molar-refractivity contribution in [3.63, 3.8) is 0 Å². The molecule has 2 rings (SSSR count). The summed E-state index contributed by atoms with van der Waals surface area (Å²) in [5.74, 6) is 2.12. The van der Waals surface area contributed by atoms with Crippen LogP contribution in [0.15, 0.2) is 18.2 Å². The van der Waals surface area contributed by atoms with Crippen molar-refractivity contribution in [2.45, 2.75) is 25.3 Å². The van der Waals surface area contributed by atoms with Crippen molar-refractivity contribution in [1.82, 2.24) is 20.2 Å². The van der Waals surface area contributed by atoms with Gasteiger partial charge < -0.3 is 9.47 Å². The molecule has 0 aliphatic carbocycles. The lowest BCUT2D eigenvalue weighted by Gasteiger charge is -2.11. The summed E-state index contributed by atoms with van der Waals surface area (Å²) < 4.78 is 11.4. The van der Waals surface area contributed by atoms with Crippen molar-refractivity contribution in [3.8, 4) is 11.5 Å². The summed E-state index contributed by atoms with van der Waals surface area (Å²) in [6.45, 7) is 3.05. The fraction of sp³-hybridized carbons (Fsp3) is 0.462. The second-order valence-corrected chi connectivity index (χ2v) is 4.80. The first-order valence-electron chi connectivity index (χ1n) is 6.40. The molecule has 1 aromatic carbocycles. The topological polar surface area (TPSA) is 62.1 Å². The van der Waals surface area contributed by atoms with Crippen molar-refractivity contribution in [2.24, 2.45) is 7.05 Å². The number of ether oxygens (including phenoxy) is 2. The summed E-state index contributed by atoms with van der Waals surface area (Å²) in [6.07, 6.45) is 0.972. The zero-order valence-corrected chi connectivity index (χ0v) is 13.1. The molecule has 0 atom stereocenters. The smallest absolute Gasteiger partial charge is 0.212 e. The minimum absolute atomic E-state index is 0.283. The molecule has 2 aromatic rings. The molecule has 0 aliphatic heterocycles. The summed E-state index contributed by atoms with van der Waals surface area (Å²) in [5, 5.41) is 12.5. The summed E-state index contributed by atoms with van der Waals surface area (Å²) in [4.78, 5) is 1.41. The Morgan fingerprint density at radius 1 is 1.30 bits per heavy atom. The number of hydrogen-bond acceptors (Lipinski definition) is 5. The Morgan fingerprint density at radius 3 is 2.80 bits per heavy atom. The quantitative estimate of drug-likeness (QED) is 0.724. The van der Waals surface area contributed by atoms with Gasteiger partial charge in [0.15, 0.2) is 6.61 Å². The van der Waals surface area contributed by atoms with E-state index in [1.165, 1.54) is 4.80 Å². The van der Waals surface area contributed by atoms with Crippen molar-refractivity contribution in [2.75, 3.05) is 6.61 Å². The number of benzene rings is 1. The number of nitrogens with zero attached hydrogens (tertiary/aromatic N) is 4. The Labute approximate surface area is 126 Å². The lowest BCUT2D eigenvalue weighted by Crippen LogP contribution is -2.02. The first-order chi connectivity index (χ1) is 9.72. The highest BCUT2D eigenvalue weighted by Crippen LogP contribution is 2.27. The van der Waals surface area contributed by atoms with Crippen LogP contribution in [-0.4, -0.2) is 26.8 Å². The molecule has 0 bridgehead atoms. The van der Waals surface area contributed by atoms with Gasteiger partial charge in [-0.2, -0.15) is 4.80 Å². The summed E-state index contributed by atoms with van der Waals surface area (Å²) in [5.41, 5.74) is 1.05. The Bertz CT molecular complexity index is 559. The number of tetrazole rings is 1. The summed E-state index contributed by atoms with van der Waals surface area (Å²) in [7, 11) is 1.72. The average molecular weight is 341 g/mol. The van der Waals surface area contributed by atoms with Crippen molar-refractivity contribution < 1.29 is 9.47 Å². The molecule has 0 fully saturated rings. The van der Waals surface area contributed by atoms with Crippen molar-refractivity contribution in [3.05, 3.63) is 29.6 Å². The molecule has 7 heteroatoms. The molecule has 0 amide bonds. The van der Waals surface area contributed by atoms with E-state index < -0.39 is 0 Å². The van der Waals surface area contributed by atoms with Gasteiger partial charge in [0.25, 0.3) is 0 Å². The van der Waals surface area contributed by atoms with Gasteiger partial charge in [-0.25, -0.2) is 0 Å². The van der Waals surface area contributed by atoms with Crippen LogP contribution in [0.1, 0.15) is 24.7 Å². The highest BCUT2D eigenvalue weighted by molar-refractivity contribution is 9.08. The van der Waals surface area contributed by atoms with Crippen LogP contribution in [0.3, 0.4) is 0 Å². The molecule has 0 saturated carbocycles. The number of hydrogen-bond donors (Lipinski definition) is 0. The maximum Gasteiger partial charge on any atom is 0.212 e. The zero-order valence-electron chi connectivity index (χ0n) is 11.5. The molecule has 20 heavy (non-hydrogen) atoms. The number of aryl methyl sites for hydroxylation is 1. The van der Waals surface area contributed by atoms with Crippen LogP contribution in [0.2, 0.25) is 0 Å². The monoisotopic (exact) mass is 340 g/mol. The Morgan fingerprint density at radius 2 is 2.15 bits per heavy atom. The second-order valence-electron chi connectivity index (χ2n) is 4.24. The first kappa shape index (κ1) is 14.8. The van der Waals surface area contributed by atoms with Gasteiger partial charge in [-0.15, -0.1) is 10.2 Å². The fourth-order valence-electron chi connectivity index (χ4n) is 1.61. The Kier molecular flexibility index (Phi) is 5.34. The third kappa shape index (κ3) is 3.93. The van der Waals surface area contributed by atoms with Gasteiger partial charge in [0.1, 0.15) is 11.5 Å². The van der Waals surface area contributed by atoms with E-state index in [1.54, 1.807) is 7.05 Å². The third-order valence-corrected chi connectivity index (χ3v) is 3.17. The molecule has 0 radical (unpaired) electrons. The van der Waals surface area contributed by atoms with E-state index in [-0.39, 0.29) is 6.61 Å². The Balaban J connectivity index is 2.07. The third-order valence-electron chi connectivity index (χ3n) is 2.56. The van der Waals surface area contributed by atoms with E-state index in [0.29, 0.717) is 17.8 Å². The molecule has 6 nitrogen and oxygen atoms in total. The summed E-state index contributed by atoms with van der Waals surface area (Å²) >= 11 is 3.45. The van der Waals surface area contributed by atoms with Crippen LogP contribution >= 0.6 is 15.9 Å². The molecular formula is C13H17BrN4O2. The molecule has 0 N–H and O–H groups in total. The largest absolute Gasteiger partial charge is 0.493 e. The maximum absolute atomic E-state index is 5.76. The SMILES string of the molecule is CCCOc1ccc(CBr)c(OCc2nnn(C)n2)c1. The van der Waals surface area contributed by atoms with E-state index in [2.05, 4.69) is 38.3 Å². The van der Waals surface area contributed by atoms with E-state index in [0.717, 1.165) is 23.5 Å². The van der Waals surface area contributed by atoms with E-state index in [9.17, 15) is 0 Å². The fourth-order valence-corrected chi connectivity index (χ4v) is 2.08. The summed E-state index contributed by atoms with van der Waals surface area (Å²) in [6, 6.07) is 5.82. The minimum atomic E-state index is 0.283. The molecule has 0 aliphatic rings. The number of rotatable bonds is 7. The highest BCUT2D eigenvalue weighted by Gasteiger charge is 2.08. The van der Waals surface area contributed by atoms with Crippen LogP contribution in [0.4, 0.5) is 0 Å². The maximum atomic E-state index is 5.76. The van der Waals surface area contributed by atoms with Crippen molar-refractivity contribution in [1.29, 1.82) is 0 Å². The van der Waals surface area contributed by atoms with Crippen LogP contribution in [0.25, 0.3) is 0 Å². The van der Waals surface area contributed by atoms with Crippen LogP contribution in [0, 0.1) is 0 Å². The number of halogens is 1. The van der Waals surface area contributed by atoms with Gasteiger partial charge in [-0.1, -0.05) is 28.9 Å². The molecular weight excluding hydrogens is 324 g/mol. The Hall–Kier alpha value is -1.63. The lowest BCUT2D eigenvalue weighted by molar-refractivity contribution is 0.285. The average Bonchev–Trinajstić information content (AvgIpc) is 2.88. The highest BCUT2D eigenvalue weighted by atomic mass is 79.9. The van der Waals surface area contributed by atoms with Gasteiger partial charge in [0.2, 0.25) is 5.82 Å². The minimum Gasteiger partial charge on any atom is -0.493 e. The number of alkyl halides is 1. The van der Waals surface area contributed by atoms with Gasteiger partial charge in [0.05, 0.1) is 13.7 Å². The molecule has 0 spiro atoms. The standard InChI is InChI=1S/C13H17BrN4O2/c1-3-6-19-11-5-4-10(8-14)12(7-11)20-9-13-15-17-18(2)16-13/h4-5,7H,3,6,8-9H2,1-2H3. The molecule has 0 unspecified atom stereocenters. The molecule has 0 saturated heterocycles. The molecule has 1 aromatic heterocycles. The van der Waals surface area contributed by atoms with E-state index in [4.69, 9.17) is 9.47 Å². The molecule has 1 heterocycles. The number of aromatic nitrogens is 4. The normalized spacial score (nSPS) is 10.6. The van der Waals surface area contributed by atoms with Gasteiger partial charge in [0, 0.05) is 17.0 Å². The van der Waals surface area contributed by atoms with Gasteiger partial charge >= 0.3 is 0 Å². The second kappa shape index (κ2) is 7.23. The van der Waals surface area contributed by atoms with E-state index in [1.807, 2.05) is 18.2 Å². The predicted octanol–water partition coefficient (Wildman–Crippen LogP) is 2.47.